The van der Waals surface area contributed by atoms with Crippen LogP contribution < -0.4 is 5.32 Å². The molecule has 3 heteroatoms. The fraction of sp³-hybridized carbons (Fsp3) is 0.538. The number of halogens is 2. The molecule has 0 amide bonds. The minimum absolute atomic E-state index is 0.398. The second-order valence-corrected chi connectivity index (χ2v) is 4.98. The fourth-order valence-electron chi connectivity index (χ4n) is 2.04. The second-order valence-electron chi connectivity index (χ2n) is 4.14. The molecule has 0 aromatic heterocycles. The van der Waals surface area contributed by atoms with Crippen molar-refractivity contribution in [3.8, 4) is 0 Å². The smallest absolute Gasteiger partial charge is 0.0456 e. The predicted molar refractivity (Wildman–Crippen MR) is 72.6 cm³/mol. The third-order valence-corrected chi connectivity index (χ3v) is 3.59. The van der Waals surface area contributed by atoms with E-state index in [1.807, 2.05) is 25.2 Å². The molecule has 1 nitrogen and oxygen atoms in total. The van der Waals surface area contributed by atoms with Gasteiger partial charge in [-0.1, -0.05) is 49.5 Å². The molecule has 2 atom stereocenters. The van der Waals surface area contributed by atoms with Crippen molar-refractivity contribution in [2.24, 2.45) is 0 Å². The van der Waals surface area contributed by atoms with Gasteiger partial charge in [0.05, 0.1) is 0 Å². The topological polar surface area (TPSA) is 12.0 Å². The quantitative estimate of drug-likeness (QED) is 0.822. The average molecular weight is 260 g/mol. The number of nitrogens with one attached hydrogen (secondary N) is 1. The van der Waals surface area contributed by atoms with Crippen LogP contribution in [0.25, 0.3) is 0 Å². The van der Waals surface area contributed by atoms with Crippen LogP contribution in [0.3, 0.4) is 0 Å². The van der Waals surface area contributed by atoms with Gasteiger partial charge in [-0.05, 0) is 37.1 Å². The zero-order chi connectivity index (χ0) is 12.1. The molecular formula is C13H19Cl2N. The lowest BCUT2D eigenvalue weighted by molar-refractivity contribution is 0.451. The number of hydrogen-bond donors (Lipinski definition) is 1. The Morgan fingerprint density at radius 3 is 2.50 bits per heavy atom. The fourth-order valence-corrected chi connectivity index (χ4v) is 2.62. The maximum Gasteiger partial charge on any atom is 0.0456 e. The van der Waals surface area contributed by atoms with Crippen LogP contribution in [0.15, 0.2) is 18.2 Å². The van der Waals surface area contributed by atoms with Crippen molar-refractivity contribution in [1.29, 1.82) is 0 Å². The van der Waals surface area contributed by atoms with Crippen LogP contribution in [-0.2, 0) is 0 Å². The van der Waals surface area contributed by atoms with Gasteiger partial charge in [-0.3, -0.25) is 0 Å². The summed E-state index contributed by atoms with van der Waals surface area (Å²) in [5.74, 6) is 0.398. The van der Waals surface area contributed by atoms with Gasteiger partial charge < -0.3 is 5.32 Å². The highest BCUT2D eigenvalue weighted by atomic mass is 35.5. The summed E-state index contributed by atoms with van der Waals surface area (Å²) < 4.78 is 0. The Labute approximate surface area is 108 Å². The highest BCUT2D eigenvalue weighted by molar-refractivity contribution is 6.35. The van der Waals surface area contributed by atoms with Gasteiger partial charge in [0.2, 0.25) is 0 Å². The largest absolute Gasteiger partial charge is 0.316 e. The molecule has 0 aliphatic rings. The molecule has 0 radical (unpaired) electrons. The van der Waals surface area contributed by atoms with Gasteiger partial charge in [0.25, 0.3) is 0 Å². The van der Waals surface area contributed by atoms with Crippen LogP contribution in [0.1, 0.15) is 38.2 Å². The number of benzene rings is 1. The SMILES string of the molecule is CCCC(NC)C(C)c1ccc(Cl)cc1Cl. The Morgan fingerprint density at radius 2 is 2.00 bits per heavy atom. The van der Waals surface area contributed by atoms with E-state index in [-0.39, 0.29) is 0 Å². The molecule has 90 valence electrons. The van der Waals surface area contributed by atoms with E-state index < -0.39 is 0 Å². The van der Waals surface area contributed by atoms with Gasteiger partial charge in [-0.2, -0.15) is 0 Å². The molecule has 0 aliphatic carbocycles. The van der Waals surface area contributed by atoms with Crippen molar-refractivity contribution in [2.75, 3.05) is 7.05 Å². The lowest BCUT2D eigenvalue weighted by atomic mass is 9.90. The summed E-state index contributed by atoms with van der Waals surface area (Å²) in [6, 6.07) is 6.20. The molecule has 1 aromatic rings. The van der Waals surface area contributed by atoms with Gasteiger partial charge >= 0.3 is 0 Å². The average Bonchev–Trinajstić information content (AvgIpc) is 2.25. The second kappa shape index (κ2) is 6.48. The highest BCUT2D eigenvalue weighted by Crippen LogP contribution is 2.30. The summed E-state index contributed by atoms with van der Waals surface area (Å²) in [5.41, 5.74) is 1.17. The molecule has 0 aliphatic heterocycles. The van der Waals surface area contributed by atoms with E-state index in [4.69, 9.17) is 23.2 Å². The van der Waals surface area contributed by atoms with Crippen molar-refractivity contribution < 1.29 is 0 Å². The lowest BCUT2D eigenvalue weighted by Gasteiger charge is -2.24. The normalized spacial score (nSPS) is 14.8. The molecule has 2 unspecified atom stereocenters. The van der Waals surface area contributed by atoms with Gasteiger partial charge in [0, 0.05) is 16.1 Å². The van der Waals surface area contributed by atoms with Crippen LogP contribution >= 0.6 is 23.2 Å². The molecule has 0 saturated heterocycles. The predicted octanol–water partition coefficient (Wildman–Crippen LogP) is 4.49. The molecule has 1 aromatic carbocycles. The van der Waals surface area contributed by atoms with Gasteiger partial charge in [-0.25, -0.2) is 0 Å². The van der Waals surface area contributed by atoms with Crippen molar-refractivity contribution in [1.82, 2.24) is 5.32 Å². The molecule has 1 N–H and O–H groups in total. The summed E-state index contributed by atoms with van der Waals surface area (Å²) in [7, 11) is 2.00. The zero-order valence-corrected chi connectivity index (χ0v) is 11.6. The van der Waals surface area contributed by atoms with Crippen molar-refractivity contribution in [3.63, 3.8) is 0 Å². The van der Waals surface area contributed by atoms with E-state index >= 15 is 0 Å². The first-order valence-corrected chi connectivity index (χ1v) is 6.48. The molecule has 0 bridgehead atoms. The van der Waals surface area contributed by atoms with Crippen LogP contribution in [-0.4, -0.2) is 13.1 Å². The molecule has 0 saturated carbocycles. The lowest BCUT2D eigenvalue weighted by Crippen LogP contribution is -2.30. The number of rotatable bonds is 5. The molecule has 0 heterocycles. The minimum Gasteiger partial charge on any atom is -0.316 e. The molecular weight excluding hydrogens is 241 g/mol. The summed E-state index contributed by atoms with van der Waals surface area (Å²) in [5, 5.41) is 4.80. The Bertz CT molecular complexity index is 339. The van der Waals surface area contributed by atoms with Crippen molar-refractivity contribution >= 4 is 23.2 Å². The maximum atomic E-state index is 6.21. The van der Waals surface area contributed by atoms with E-state index in [0.29, 0.717) is 17.0 Å². The highest BCUT2D eigenvalue weighted by Gasteiger charge is 2.18. The summed E-state index contributed by atoms with van der Waals surface area (Å²) in [6.45, 7) is 4.40. The standard InChI is InChI=1S/C13H19Cl2N/c1-4-5-13(16-3)9(2)11-7-6-10(14)8-12(11)15/h6-9,13,16H,4-5H2,1-3H3. The van der Waals surface area contributed by atoms with E-state index in [0.717, 1.165) is 11.4 Å². The Hall–Kier alpha value is -0.240. The van der Waals surface area contributed by atoms with Gasteiger partial charge in [-0.15, -0.1) is 0 Å². The zero-order valence-electron chi connectivity index (χ0n) is 10.1. The number of hydrogen-bond acceptors (Lipinski definition) is 1. The number of likely N-dealkylation sites (N-methyl/N-ethyl adjacent to an activating group) is 1. The van der Waals surface area contributed by atoms with Crippen molar-refractivity contribution in [3.05, 3.63) is 33.8 Å². The Kier molecular flexibility index (Phi) is 5.60. The van der Waals surface area contributed by atoms with E-state index in [2.05, 4.69) is 19.2 Å². The Balaban J connectivity index is 2.89. The first-order valence-electron chi connectivity index (χ1n) is 5.72. The summed E-state index contributed by atoms with van der Waals surface area (Å²) >= 11 is 12.1. The van der Waals surface area contributed by atoms with Crippen LogP contribution in [0.2, 0.25) is 10.0 Å². The molecule has 16 heavy (non-hydrogen) atoms. The first kappa shape index (κ1) is 13.8. The summed E-state index contributed by atoms with van der Waals surface area (Å²) in [4.78, 5) is 0. The van der Waals surface area contributed by atoms with Crippen LogP contribution in [0.5, 0.6) is 0 Å². The first-order chi connectivity index (χ1) is 7.60. The minimum atomic E-state index is 0.398. The molecule has 1 rings (SSSR count). The molecule has 0 fully saturated rings. The maximum absolute atomic E-state index is 6.21. The third kappa shape index (κ3) is 3.38. The van der Waals surface area contributed by atoms with Crippen molar-refractivity contribution in [2.45, 2.75) is 38.6 Å². The van der Waals surface area contributed by atoms with Gasteiger partial charge in [0.15, 0.2) is 0 Å². The monoisotopic (exact) mass is 259 g/mol. The van der Waals surface area contributed by atoms with Crippen LogP contribution in [0, 0.1) is 0 Å². The van der Waals surface area contributed by atoms with Crippen LogP contribution in [0.4, 0.5) is 0 Å². The Morgan fingerprint density at radius 1 is 1.31 bits per heavy atom. The van der Waals surface area contributed by atoms with E-state index in [9.17, 15) is 0 Å². The van der Waals surface area contributed by atoms with E-state index in [1.165, 1.54) is 12.0 Å². The molecule has 0 spiro atoms. The van der Waals surface area contributed by atoms with Gasteiger partial charge in [0.1, 0.15) is 0 Å². The summed E-state index contributed by atoms with van der Waals surface area (Å²) in [6.07, 6.45) is 2.32. The third-order valence-electron chi connectivity index (χ3n) is 3.03. The van der Waals surface area contributed by atoms with E-state index in [1.54, 1.807) is 0 Å².